The smallest absolute Gasteiger partial charge is 0.0478 e. The molecule has 0 saturated heterocycles. The number of hydrogen-bond acceptors (Lipinski definition) is 1. The lowest BCUT2D eigenvalue weighted by atomic mass is 9.84. The van der Waals surface area contributed by atoms with E-state index in [0.717, 1.165) is 24.5 Å². The van der Waals surface area contributed by atoms with Crippen LogP contribution in [0, 0.1) is 5.92 Å². The van der Waals surface area contributed by atoms with Crippen LogP contribution in [0.4, 0.5) is 5.69 Å². The highest BCUT2D eigenvalue weighted by molar-refractivity contribution is 5.62. The third-order valence-electron chi connectivity index (χ3n) is 7.97. The van der Waals surface area contributed by atoms with Gasteiger partial charge in [-0.2, -0.15) is 0 Å². The molecule has 0 N–H and O–H groups in total. The van der Waals surface area contributed by atoms with Crippen LogP contribution in [0.2, 0.25) is 0 Å². The molecule has 0 amide bonds. The first-order valence-corrected chi connectivity index (χ1v) is 14.6. The predicted octanol–water partition coefficient (Wildman–Crippen LogP) is 10.8. The molecule has 2 aliphatic rings. The van der Waals surface area contributed by atoms with Gasteiger partial charge in [0, 0.05) is 17.9 Å². The number of anilines is 1. The van der Waals surface area contributed by atoms with Gasteiger partial charge in [0.1, 0.15) is 0 Å². The van der Waals surface area contributed by atoms with Crippen molar-refractivity contribution in [1.82, 2.24) is 0 Å². The third kappa shape index (κ3) is 7.99. The lowest BCUT2D eigenvalue weighted by Crippen LogP contribution is -2.27. The summed E-state index contributed by atoms with van der Waals surface area (Å²) in [5.41, 5.74) is 7.82. The summed E-state index contributed by atoms with van der Waals surface area (Å²) in [7, 11) is 0. The summed E-state index contributed by atoms with van der Waals surface area (Å²) in [5, 5.41) is 0. The summed E-state index contributed by atoms with van der Waals surface area (Å²) in [6, 6.07) is 18.4. The summed E-state index contributed by atoms with van der Waals surface area (Å²) in [6.45, 7) is 15.8. The second-order valence-electron chi connectivity index (χ2n) is 10.4. The topological polar surface area (TPSA) is 3.24 Å². The van der Waals surface area contributed by atoms with Gasteiger partial charge in [0.15, 0.2) is 0 Å². The predicted molar refractivity (Wildman–Crippen MR) is 160 cm³/mol. The van der Waals surface area contributed by atoms with Crippen molar-refractivity contribution in [3.05, 3.63) is 95.7 Å². The Balaban J connectivity index is 0.00000176. The highest BCUT2D eigenvalue weighted by Gasteiger charge is 2.23. The average molecular weight is 484 g/mol. The van der Waals surface area contributed by atoms with E-state index >= 15 is 0 Å². The molecule has 2 aliphatic carbocycles. The lowest BCUT2D eigenvalue weighted by molar-refractivity contribution is 0.396. The van der Waals surface area contributed by atoms with E-state index in [4.69, 9.17) is 0 Å². The maximum atomic E-state index is 4.65. The Kier molecular flexibility index (Phi) is 11.6. The molecule has 36 heavy (non-hydrogen) atoms. The van der Waals surface area contributed by atoms with Gasteiger partial charge in [-0.25, -0.2) is 0 Å². The normalized spacial score (nSPS) is 16.9. The number of benzene rings is 2. The average Bonchev–Trinajstić information content (AvgIpc) is 2.96. The van der Waals surface area contributed by atoms with Crippen LogP contribution in [-0.2, 0) is 6.54 Å². The molecule has 0 unspecified atom stereocenters. The molecule has 0 aromatic heterocycles. The molecule has 0 atom stereocenters. The standard InChI is InChI=1S/C33H43N.C2H6/c1-4-26(2)18-19-28-12-11-17-33(24-28)34(27(3)30-13-7-5-8-14-30)25-29-20-22-32(23-21-29)31-15-9-6-10-16-31;1-2/h11-12,17-24,30-31H,2-10,13-16,25H2,1H3;1-2H3/b19-18+;. The summed E-state index contributed by atoms with van der Waals surface area (Å²) in [5.74, 6) is 1.35. The monoisotopic (exact) mass is 483 g/mol. The summed E-state index contributed by atoms with van der Waals surface area (Å²) < 4.78 is 0. The fourth-order valence-electron chi connectivity index (χ4n) is 5.66. The molecule has 0 radical (unpaired) electrons. The summed E-state index contributed by atoms with van der Waals surface area (Å²) >= 11 is 0. The van der Waals surface area contributed by atoms with E-state index in [2.05, 4.69) is 85.7 Å². The molecule has 0 spiro atoms. The number of hydrogen-bond donors (Lipinski definition) is 0. The molecule has 0 heterocycles. The Morgan fingerprint density at radius 3 is 2.14 bits per heavy atom. The molecule has 1 nitrogen and oxygen atoms in total. The minimum absolute atomic E-state index is 0.592. The van der Waals surface area contributed by atoms with Gasteiger partial charge in [0.25, 0.3) is 0 Å². The van der Waals surface area contributed by atoms with E-state index < -0.39 is 0 Å². The first-order chi connectivity index (χ1) is 17.6. The van der Waals surface area contributed by atoms with Gasteiger partial charge < -0.3 is 4.90 Å². The van der Waals surface area contributed by atoms with Gasteiger partial charge in [-0.1, -0.05) is 127 Å². The molecular weight excluding hydrogens is 434 g/mol. The number of rotatable bonds is 9. The van der Waals surface area contributed by atoms with Crippen molar-refractivity contribution in [1.29, 1.82) is 0 Å². The second-order valence-corrected chi connectivity index (χ2v) is 10.4. The minimum atomic E-state index is 0.592. The Hall–Kier alpha value is -2.54. The molecule has 4 rings (SSSR count). The van der Waals surface area contributed by atoms with Gasteiger partial charge in [0.2, 0.25) is 0 Å². The lowest BCUT2D eigenvalue weighted by Gasteiger charge is -2.34. The van der Waals surface area contributed by atoms with E-state index in [1.54, 1.807) is 0 Å². The molecule has 2 fully saturated rings. The zero-order valence-electron chi connectivity index (χ0n) is 23.3. The fraction of sp³-hybridized carbons (Fsp3) is 0.486. The van der Waals surface area contributed by atoms with E-state index in [9.17, 15) is 0 Å². The molecule has 1 heteroatoms. The Morgan fingerprint density at radius 1 is 0.861 bits per heavy atom. The third-order valence-corrected chi connectivity index (χ3v) is 7.97. The maximum Gasteiger partial charge on any atom is 0.0478 e. The van der Waals surface area contributed by atoms with Crippen LogP contribution in [0.5, 0.6) is 0 Å². The first kappa shape index (κ1) is 28.0. The van der Waals surface area contributed by atoms with Crippen LogP contribution in [0.1, 0.15) is 114 Å². The molecular formula is C35H49N. The SMILES string of the molecule is C=C(/C=C/c1cccc(N(Cc2ccc(C3CCCCC3)cc2)C(=C)C2CCCCC2)c1)CC.CC. The summed E-state index contributed by atoms with van der Waals surface area (Å²) in [6.07, 6.45) is 18.8. The van der Waals surface area contributed by atoms with Crippen molar-refractivity contribution in [2.75, 3.05) is 4.90 Å². The quantitative estimate of drug-likeness (QED) is 0.320. The highest BCUT2D eigenvalue weighted by Crippen LogP contribution is 2.36. The largest absolute Gasteiger partial charge is 0.341 e. The van der Waals surface area contributed by atoms with Crippen LogP contribution in [-0.4, -0.2) is 0 Å². The van der Waals surface area contributed by atoms with E-state index in [1.165, 1.54) is 92.3 Å². The van der Waals surface area contributed by atoms with Gasteiger partial charge in [-0.3, -0.25) is 0 Å². The van der Waals surface area contributed by atoms with Gasteiger partial charge >= 0.3 is 0 Å². The maximum absolute atomic E-state index is 4.65. The molecule has 2 aromatic rings. The Labute approximate surface area is 222 Å². The van der Waals surface area contributed by atoms with Crippen molar-refractivity contribution in [2.45, 2.75) is 104 Å². The molecule has 2 aromatic carbocycles. The highest BCUT2D eigenvalue weighted by atomic mass is 15.1. The number of allylic oxidation sites excluding steroid dienone is 3. The molecule has 0 bridgehead atoms. The van der Waals surface area contributed by atoms with E-state index in [-0.39, 0.29) is 0 Å². The van der Waals surface area contributed by atoms with Crippen LogP contribution < -0.4 is 4.90 Å². The van der Waals surface area contributed by atoms with Gasteiger partial charge in [-0.15, -0.1) is 0 Å². The molecule has 0 aliphatic heterocycles. The minimum Gasteiger partial charge on any atom is -0.341 e. The number of nitrogens with zero attached hydrogens (tertiary/aromatic N) is 1. The van der Waals surface area contributed by atoms with Crippen molar-refractivity contribution in [2.24, 2.45) is 5.92 Å². The van der Waals surface area contributed by atoms with Crippen LogP contribution in [0.3, 0.4) is 0 Å². The zero-order valence-corrected chi connectivity index (χ0v) is 23.3. The van der Waals surface area contributed by atoms with Crippen LogP contribution in [0.15, 0.2) is 79.0 Å². The Bertz CT molecular complexity index is 968. The first-order valence-electron chi connectivity index (χ1n) is 14.6. The second kappa shape index (κ2) is 14.9. The van der Waals surface area contributed by atoms with Crippen LogP contribution >= 0.6 is 0 Å². The zero-order chi connectivity index (χ0) is 25.8. The van der Waals surface area contributed by atoms with Crippen LogP contribution in [0.25, 0.3) is 6.08 Å². The van der Waals surface area contributed by atoms with Gasteiger partial charge in [-0.05, 0) is 72.8 Å². The molecule has 194 valence electrons. The molecule has 2 saturated carbocycles. The van der Waals surface area contributed by atoms with Gasteiger partial charge in [0.05, 0.1) is 0 Å². The van der Waals surface area contributed by atoms with E-state index in [0.29, 0.717) is 5.92 Å². The Morgan fingerprint density at radius 2 is 1.50 bits per heavy atom. The fourth-order valence-corrected chi connectivity index (χ4v) is 5.66. The van der Waals surface area contributed by atoms with Crippen molar-refractivity contribution >= 4 is 11.8 Å². The van der Waals surface area contributed by atoms with Crippen molar-refractivity contribution in [3.8, 4) is 0 Å². The van der Waals surface area contributed by atoms with E-state index in [1.807, 2.05) is 13.8 Å². The summed E-state index contributed by atoms with van der Waals surface area (Å²) in [4.78, 5) is 2.48. The van der Waals surface area contributed by atoms with Crippen molar-refractivity contribution < 1.29 is 0 Å². The van der Waals surface area contributed by atoms with Crippen molar-refractivity contribution in [3.63, 3.8) is 0 Å².